The van der Waals surface area contributed by atoms with Crippen LogP contribution in [0.3, 0.4) is 0 Å². The molecule has 0 saturated heterocycles. The molecule has 1 aromatic carbocycles. The zero-order valence-electron chi connectivity index (χ0n) is 16.2. The van der Waals surface area contributed by atoms with Crippen molar-refractivity contribution in [3.05, 3.63) is 61.4 Å². The van der Waals surface area contributed by atoms with Gasteiger partial charge < -0.3 is 0 Å². The van der Waals surface area contributed by atoms with E-state index in [9.17, 15) is 14.4 Å². The Labute approximate surface area is 166 Å². The van der Waals surface area contributed by atoms with Crippen LogP contribution in [0, 0.1) is 5.41 Å². The van der Waals surface area contributed by atoms with Gasteiger partial charge in [0.05, 0.1) is 12.6 Å². The van der Waals surface area contributed by atoms with Crippen LogP contribution in [-0.4, -0.2) is 14.9 Å². The van der Waals surface area contributed by atoms with E-state index in [0.29, 0.717) is 45.6 Å². The highest BCUT2D eigenvalue weighted by Gasteiger charge is 2.38. The zero-order chi connectivity index (χ0) is 20.4. The van der Waals surface area contributed by atoms with Crippen LogP contribution in [0.1, 0.15) is 36.3 Å². The lowest BCUT2D eigenvalue weighted by Gasteiger charge is -2.29. The predicted molar refractivity (Wildman–Crippen MR) is 108 cm³/mol. The average Bonchev–Trinajstić information content (AvgIpc) is 2.62. The van der Waals surface area contributed by atoms with Crippen LogP contribution in [-0.2, 0) is 20.5 Å². The van der Waals surface area contributed by atoms with Crippen LogP contribution in [0.2, 0.25) is 5.02 Å². The predicted octanol–water partition coefficient (Wildman–Crippen LogP) is 2.53. The summed E-state index contributed by atoms with van der Waals surface area (Å²) in [4.78, 5) is 41.9. The number of nitrogens with zero attached hydrogens (tertiary/aromatic N) is 2. The number of carbonyl (C=O) groups is 1. The largest absolute Gasteiger partial charge is 0.417 e. The molecule has 3 aromatic rings. The van der Waals surface area contributed by atoms with Gasteiger partial charge in [0.1, 0.15) is 11.1 Å². The number of pyridine rings is 1. The lowest BCUT2D eigenvalue weighted by Crippen LogP contribution is -2.42. The molecule has 1 aliphatic carbocycles. The molecule has 144 valence electrons. The smallest absolute Gasteiger partial charge is 0.294 e. The highest BCUT2D eigenvalue weighted by Crippen LogP contribution is 2.39. The fourth-order valence-corrected chi connectivity index (χ4v) is 4.32. The fraction of sp³-hybridized carbons (Fsp3) is 0.333. The van der Waals surface area contributed by atoms with Gasteiger partial charge in [-0.3, -0.25) is 9.59 Å². The number of ketones is 1. The fourth-order valence-electron chi connectivity index (χ4n) is 4.13. The minimum Gasteiger partial charge on any atom is -0.294 e. The Morgan fingerprint density at radius 2 is 1.75 bits per heavy atom. The van der Waals surface area contributed by atoms with Crippen LogP contribution in [0.15, 0.2) is 33.9 Å². The second-order valence-corrected chi connectivity index (χ2v) is 8.67. The Kier molecular flexibility index (Phi) is 4.08. The summed E-state index contributed by atoms with van der Waals surface area (Å²) >= 11 is 6.21. The van der Waals surface area contributed by atoms with E-state index >= 15 is 0 Å². The number of nitrogens with one attached hydrogen (secondary N) is 1. The molecule has 6 nitrogen and oxygen atoms in total. The van der Waals surface area contributed by atoms with Crippen molar-refractivity contribution in [3.8, 4) is 11.1 Å². The standard InChI is InChI=1S/C21H20ClN3O3/c1-21(2)9-13-16(14(26)10-21)15(11-6-5-7-12(22)8-11)17-18(23-13)24(3)20(28)25(4)19(17)27/h5-8H,9-10H2,1-4H3/p+1. The van der Waals surface area contributed by atoms with E-state index in [0.717, 1.165) is 10.3 Å². The van der Waals surface area contributed by atoms with Crippen molar-refractivity contribution in [1.82, 2.24) is 9.13 Å². The summed E-state index contributed by atoms with van der Waals surface area (Å²) in [5.74, 6) is -0.0183. The number of hydrogen-bond acceptors (Lipinski definition) is 3. The molecule has 1 N–H and O–H groups in total. The number of aromatic amines is 1. The highest BCUT2D eigenvalue weighted by atomic mass is 35.5. The molecule has 0 amide bonds. The number of H-pyrrole nitrogens is 1. The van der Waals surface area contributed by atoms with Gasteiger partial charge in [0.25, 0.3) is 11.2 Å². The highest BCUT2D eigenvalue weighted by molar-refractivity contribution is 6.31. The lowest BCUT2D eigenvalue weighted by molar-refractivity contribution is -0.365. The van der Waals surface area contributed by atoms with Crippen molar-refractivity contribution in [3.63, 3.8) is 0 Å². The minimum atomic E-state index is -0.440. The van der Waals surface area contributed by atoms with Gasteiger partial charge in [-0.25, -0.2) is 14.3 Å². The molecule has 0 saturated carbocycles. The van der Waals surface area contributed by atoms with E-state index in [-0.39, 0.29) is 11.2 Å². The molecule has 2 aromatic heterocycles. The van der Waals surface area contributed by atoms with Crippen LogP contribution in [0.25, 0.3) is 22.2 Å². The SMILES string of the molecule is Cn1c(=O)c2c(-c3cccc(Cl)c3)c3c([nH+]c2n(C)c1=O)CC(C)(C)CC3=O. The first kappa shape index (κ1) is 18.6. The molecule has 0 fully saturated rings. The summed E-state index contributed by atoms with van der Waals surface area (Å²) in [6.07, 6.45) is 1.03. The molecular weight excluding hydrogens is 378 g/mol. The van der Waals surface area contributed by atoms with Gasteiger partial charge in [0, 0.05) is 30.5 Å². The van der Waals surface area contributed by atoms with Crippen molar-refractivity contribution in [2.75, 3.05) is 0 Å². The molecular formula is C21H21ClN3O3+. The minimum absolute atomic E-state index is 0.0183. The molecule has 0 atom stereocenters. The molecule has 0 unspecified atom stereocenters. The van der Waals surface area contributed by atoms with E-state index in [4.69, 9.17) is 11.6 Å². The van der Waals surface area contributed by atoms with Gasteiger partial charge >= 0.3 is 5.69 Å². The molecule has 2 heterocycles. The van der Waals surface area contributed by atoms with Crippen molar-refractivity contribution in [1.29, 1.82) is 0 Å². The Bertz CT molecular complexity index is 1280. The quantitative estimate of drug-likeness (QED) is 0.632. The van der Waals surface area contributed by atoms with E-state index in [1.807, 2.05) is 19.9 Å². The number of aryl methyl sites for hydroxylation is 1. The molecule has 28 heavy (non-hydrogen) atoms. The van der Waals surface area contributed by atoms with Crippen molar-refractivity contribution in [2.24, 2.45) is 19.5 Å². The van der Waals surface area contributed by atoms with Gasteiger partial charge in [0.2, 0.25) is 0 Å². The maximum atomic E-state index is 13.1. The van der Waals surface area contributed by atoms with Crippen molar-refractivity contribution >= 4 is 28.4 Å². The maximum absolute atomic E-state index is 13.1. The Balaban J connectivity index is 2.28. The third kappa shape index (κ3) is 2.71. The molecule has 0 aliphatic heterocycles. The number of halogens is 1. The van der Waals surface area contributed by atoms with Crippen molar-refractivity contribution < 1.29 is 9.78 Å². The normalized spacial score (nSPS) is 15.7. The van der Waals surface area contributed by atoms with E-state index in [1.54, 1.807) is 25.2 Å². The number of fused-ring (bicyclic) bond motifs is 2. The Morgan fingerprint density at radius 3 is 2.43 bits per heavy atom. The van der Waals surface area contributed by atoms with Gasteiger partial charge in [-0.05, 0) is 23.1 Å². The van der Waals surface area contributed by atoms with Crippen LogP contribution >= 0.6 is 11.6 Å². The maximum Gasteiger partial charge on any atom is 0.417 e. The molecule has 4 rings (SSSR count). The number of Topliss-reactive ketones (excluding diaryl/α,β-unsaturated/α-hetero) is 1. The number of benzene rings is 1. The molecule has 0 spiro atoms. The number of carbonyl (C=O) groups excluding carboxylic acids is 1. The Morgan fingerprint density at radius 1 is 1.04 bits per heavy atom. The molecule has 0 radical (unpaired) electrons. The lowest BCUT2D eigenvalue weighted by atomic mass is 9.73. The number of aromatic nitrogens is 3. The van der Waals surface area contributed by atoms with E-state index in [1.165, 1.54) is 11.6 Å². The Hall–Kier alpha value is -2.73. The molecule has 0 bridgehead atoms. The van der Waals surface area contributed by atoms with Crippen LogP contribution in [0.4, 0.5) is 0 Å². The van der Waals surface area contributed by atoms with E-state index < -0.39 is 11.2 Å². The molecule has 7 heteroatoms. The first-order valence-electron chi connectivity index (χ1n) is 9.08. The van der Waals surface area contributed by atoms with Gasteiger partial charge in [-0.15, -0.1) is 0 Å². The van der Waals surface area contributed by atoms with Crippen LogP contribution in [0.5, 0.6) is 0 Å². The summed E-state index contributed by atoms with van der Waals surface area (Å²) in [7, 11) is 3.06. The number of hydrogen-bond donors (Lipinski definition) is 0. The van der Waals surface area contributed by atoms with Gasteiger partial charge in [-0.2, -0.15) is 4.57 Å². The van der Waals surface area contributed by atoms with Gasteiger partial charge in [0.15, 0.2) is 5.78 Å². The summed E-state index contributed by atoms with van der Waals surface area (Å²) in [6, 6.07) is 7.11. The zero-order valence-corrected chi connectivity index (χ0v) is 17.0. The topological polar surface area (TPSA) is 75.2 Å². The second kappa shape index (κ2) is 6.14. The summed E-state index contributed by atoms with van der Waals surface area (Å²) in [5, 5.41) is 0.830. The van der Waals surface area contributed by atoms with E-state index in [2.05, 4.69) is 4.98 Å². The number of rotatable bonds is 1. The summed E-state index contributed by atoms with van der Waals surface area (Å²) < 4.78 is 2.48. The third-order valence-corrected chi connectivity index (χ3v) is 5.66. The summed E-state index contributed by atoms with van der Waals surface area (Å²) in [5.41, 5.74) is 1.83. The average molecular weight is 399 g/mol. The second-order valence-electron chi connectivity index (χ2n) is 8.23. The summed E-state index contributed by atoms with van der Waals surface area (Å²) in [6.45, 7) is 4.07. The molecule has 1 aliphatic rings. The third-order valence-electron chi connectivity index (χ3n) is 5.42. The van der Waals surface area contributed by atoms with Gasteiger partial charge in [-0.1, -0.05) is 37.6 Å². The van der Waals surface area contributed by atoms with Crippen LogP contribution < -0.4 is 16.2 Å². The first-order chi connectivity index (χ1) is 13.1. The monoisotopic (exact) mass is 398 g/mol. The first-order valence-corrected chi connectivity index (χ1v) is 9.45. The van der Waals surface area contributed by atoms with Crippen molar-refractivity contribution in [2.45, 2.75) is 26.7 Å².